The molecule has 1 aliphatic heterocycles. The van der Waals surface area contributed by atoms with Crippen molar-refractivity contribution in [1.82, 2.24) is 4.90 Å². The SMILES string of the molecule is CCOC(=O)CC1CCN(C(=O)OCC)C1. The van der Waals surface area contributed by atoms with Crippen molar-refractivity contribution in [1.29, 1.82) is 0 Å². The predicted molar refractivity (Wildman–Crippen MR) is 58.0 cm³/mol. The molecule has 1 unspecified atom stereocenters. The third-order valence-electron chi connectivity index (χ3n) is 2.57. The highest BCUT2D eigenvalue weighted by atomic mass is 16.6. The van der Waals surface area contributed by atoms with Crippen molar-refractivity contribution in [2.45, 2.75) is 26.7 Å². The fraction of sp³-hybridized carbons (Fsp3) is 0.818. The lowest BCUT2D eigenvalue weighted by atomic mass is 10.1. The first-order chi connectivity index (χ1) is 7.67. The van der Waals surface area contributed by atoms with Crippen molar-refractivity contribution in [3.05, 3.63) is 0 Å². The Morgan fingerprint density at radius 3 is 2.56 bits per heavy atom. The molecular weight excluding hydrogens is 210 g/mol. The Bertz CT molecular complexity index is 254. The van der Waals surface area contributed by atoms with Gasteiger partial charge in [-0.05, 0) is 26.2 Å². The lowest BCUT2D eigenvalue weighted by Crippen LogP contribution is -2.29. The molecule has 1 saturated heterocycles. The first kappa shape index (κ1) is 12.8. The number of carbonyl (C=O) groups is 2. The van der Waals surface area contributed by atoms with Crippen molar-refractivity contribution in [2.24, 2.45) is 5.92 Å². The number of rotatable bonds is 4. The van der Waals surface area contributed by atoms with Gasteiger partial charge >= 0.3 is 12.1 Å². The van der Waals surface area contributed by atoms with Crippen LogP contribution in [0, 0.1) is 5.92 Å². The summed E-state index contributed by atoms with van der Waals surface area (Å²) in [5.74, 6) is 0.0293. The van der Waals surface area contributed by atoms with Crippen LogP contribution in [0.3, 0.4) is 0 Å². The Balaban J connectivity index is 2.29. The molecule has 0 N–H and O–H groups in total. The number of carbonyl (C=O) groups excluding carboxylic acids is 2. The van der Waals surface area contributed by atoms with Crippen molar-refractivity contribution < 1.29 is 19.1 Å². The largest absolute Gasteiger partial charge is 0.466 e. The molecule has 1 atom stereocenters. The first-order valence-electron chi connectivity index (χ1n) is 5.74. The van der Waals surface area contributed by atoms with Gasteiger partial charge in [-0.15, -0.1) is 0 Å². The van der Waals surface area contributed by atoms with Crippen molar-refractivity contribution in [3.63, 3.8) is 0 Å². The van der Waals surface area contributed by atoms with Crippen LogP contribution in [0.15, 0.2) is 0 Å². The van der Waals surface area contributed by atoms with Crippen LogP contribution in [0.2, 0.25) is 0 Å². The van der Waals surface area contributed by atoms with E-state index in [9.17, 15) is 9.59 Å². The smallest absolute Gasteiger partial charge is 0.409 e. The fourth-order valence-electron chi connectivity index (χ4n) is 1.84. The summed E-state index contributed by atoms with van der Waals surface area (Å²) in [6.07, 6.45) is 0.954. The molecule has 1 fully saturated rings. The minimum Gasteiger partial charge on any atom is -0.466 e. The zero-order valence-electron chi connectivity index (χ0n) is 9.90. The summed E-state index contributed by atoms with van der Waals surface area (Å²) >= 11 is 0. The maximum atomic E-state index is 11.4. The molecule has 0 radical (unpaired) electrons. The van der Waals surface area contributed by atoms with Crippen molar-refractivity contribution >= 4 is 12.1 Å². The molecule has 1 aliphatic rings. The third kappa shape index (κ3) is 3.72. The second-order valence-corrected chi connectivity index (χ2v) is 3.81. The lowest BCUT2D eigenvalue weighted by molar-refractivity contribution is -0.144. The first-order valence-corrected chi connectivity index (χ1v) is 5.74. The molecule has 0 aromatic rings. The molecule has 0 aromatic heterocycles. The molecule has 1 heterocycles. The van der Waals surface area contributed by atoms with E-state index >= 15 is 0 Å². The molecule has 92 valence electrons. The van der Waals surface area contributed by atoms with E-state index in [0.29, 0.717) is 32.7 Å². The number of hydrogen-bond acceptors (Lipinski definition) is 4. The molecular formula is C11H19NO4. The summed E-state index contributed by atoms with van der Waals surface area (Å²) in [5, 5.41) is 0. The summed E-state index contributed by atoms with van der Waals surface area (Å²) in [6, 6.07) is 0. The summed E-state index contributed by atoms with van der Waals surface area (Å²) in [6.45, 7) is 5.63. The average molecular weight is 229 g/mol. The zero-order valence-corrected chi connectivity index (χ0v) is 9.90. The Labute approximate surface area is 95.7 Å². The number of amides is 1. The van der Waals surface area contributed by atoms with Crippen LogP contribution in [-0.2, 0) is 14.3 Å². The van der Waals surface area contributed by atoms with Crippen molar-refractivity contribution in [2.75, 3.05) is 26.3 Å². The molecule has 1 rings (SSSR count). The highest BCUT2D eigenvalue weighted by Gasteiger charge is 2.28. The van der Waals surface area contributed by atoms with E-state index in [1.807, 2.05) is 0 Å². The van der Waals surface area contributed by atoms with Crippen molar-refractivity contribution in [3.8, 4) is 0 Å². The van der Waals surface area contributed by atoms with Gasteiger partial charge in [0.2, 0.25) is 0 Å². The number of hydrogen-bond donors (Lipinski definition) is 0. The third-order valence-corrected chi connectivity index (χ3v) is 2.57. The van der Waals surface area contributed by atoms with Crippen LogP contribution in [0.4, 0.5) is 4.79 Å². The predicted octanol–water partition coefficient (Wildman–Crippen LogP) is 1.42. The van der Waals surface area contributed by atoms with Crippen LogP contribution >= 0.6 is 0 Å². The van der Waals surface area contributed by atoms with Gasteiger partial charge in [0.1, 0.15) is 0 Å². The molecule has 0 aliphatic carbocycles. The number of ether oxygens (including phenoxy) is 2. The molecule has 0 saturated carbocycles. The lowest BCUT2D eigenvalue weighted by Gasteiger charge is -2.15. The number of esters is 1. The Kier molecular flexibility index (Phi) is 5.08. The summed E-state index contributed by atoms with van der Waals surface area (Å²) < 4.78 is 9.77. The number of nitrogens with zero attached hydrogens (tertiary/aromatic N) is 1. The van der Waals surface area contributed by atoms with E-state index in [0.717, 1.165) is 6.42 Å². The fourth-order valence-corrected chi connectivity index (χ4v) is 1.84. The van der Waals surface area contributed by atoms with Gasteiger partial charge in [-0.3, -0.25) is 4.79 Å². The van der Waals surface area contributed by atoms with E-state index in [-0.39, 0.29) is 18.0 Å². The monoisotopic (exact) mass is 229 g/mol. The van der Waals surface area contributed by atoms with E-state index in [1.165, 1.54) is 0 Å². The van der Waals surface area contributed by atoms with Crippen LogP contribution < -0.4 is 0 Å². The molecule has 5 heteroatoms. The van der Waals surface area contributed by atoms with Gasteiger partial charge in [0, 0.05) is 13.1 Å². The second kappa shape index (κ2) is 6.35. The molecule has 0 bridgehead atoms. The van der Waals surface area contributed by atoms with Crippen LogP contribution in [-0.4, -0.2) is 43.3 Å². The van der Waals surface area contributed by atoms with Crippen LogP contribution in [0.25, 0.3) is 0 Å². The van der Waals surface area contributed by atoms with Gasteiger partial charge in [0.05, 0.1) is 19.6 Å². The summed E-state index contributed by atoms with van der Waals surface area (Å²) in [5.41, 5.74) is 0. The zero-order chi connectivity index (χ0) is 12.0. The topological polar surface area (TPSA) is 55.8 Å². The van der Waals surface area contributed by atoms with Crippen LogP contribution in [0.1, 0.15) is 26.7 Å². The number of likely N-dealkylation sites (tertiary alicyclic amines) is 1. The minimum atomic E-state index is -0.283. The Morgan fingerprint density at radius 2 is 1.94 bits per heavy atom. The summed E-state index contributed by atoms with van der Waals surface area (Å²) in [4.78, 5) is 24.3. The van der Waals surface area contributed by atoms with Gasteiger partial charge in [0.15, 0.2) is 0 Å². The van der Waals surface area contributed by atoms with Gasteiger partial charge in [-0.2, -0.15) is 0 Å². The average Bonchev–Trinajstić information content (AvgIpc) is 2.67. The van der Waals surface area contributed by atoms with Gasteiger partial charge < -0.3 is 14.4 Å². The normalized spacial score (nSPS) is 19.6. The maximum Gasteiger partial charge on any atom is 0.409 e. The molecule has 0 spiro atoms. The van der Waals surface area contributed by atoms with E-state index in [4.69, 9.17) is 9.47 Å². The van der Waals surface area contributed by atoms with E-state index in [1.54, 1.807) is 18.7 Å². The highest BCUT2D eigenvalue weighted by molar-refractivity contribution is 5.70. The maximum absolute atomic E-state index is 11.4. The molecule has 0 aromatic carbocycles. The van der Waals surface area contributed by atoms with Gasteiger partial charge in [-0.1, -0.05) is 0 Å². The quantitative estimate of drug-likeness (QED) is 0.684. The molecule has 1 amide bonds. The Morgan fingerprint density at radius 1 is 1.25 bits per heavy atom. The minimum absolute atomic E-state index is 0.182. The van der Waals surface area contributed by atoms with E-state index in [2.05, 4.69) is 0 Å². The standard InChI is InChI=1S/C11H19NO4/c1-3-15-10(13)7-9-5-6-12(8-9)11(14)16-4-2/h9H,3-8H2,1-2H3. The Hall–Kier alpha value is -1.26. The van der Waals surface area contributed by atoms with E-state index < -0.39 is 0 Å². The van der Waals surface area contributed by atoms with Crippen LogP contribution in [0.5, 0.6) is 0 Å². The molecule has 16 heavy (non-hydrogen) atoms. The second-order valence-electron chi connectivity index (χ2n) is 3.81. The molecule has 5 nitrogen and oxygen atoms in total. The summed E-state index contributed by atoms with van der Waals surface area (Å²) in [7, 11) is 0. The van der Waals surface area contributed by atoms with Gasteiger partial charge in [-0.25, -0.2) is 4.79 Å². The van der Waals surface area contributed by atoms with Gasteiger partial charge in [0.25, 0.3) is 0 Å². The highest BCUT2D eigenvalue weighted by Crippen LogP contribution is 2.20.